The molecule has 8 nitrogen and oxygen atoms in total. The minimum absolute atomic E-state index is 0.0781. The van der Waals surface area contributed by atoms with Crippen LogP contribution in [0.1, 0.15) is 80.0 Å². The number of carbonyl (C=O) groups is 3. The van der Waals surface area contributed by atoms with Gasteiger partial charge >= 0.3 is 18.0 Å². The van der Waals surface area contributed by atoms with Gasteiger partial charge in [0, 0.05) is 6.54 Å². The van der Waals surface area contributed by atoms with Crippen LogP contribution in [0.5, 0.6) is 5.75 Å². The molecule has 0 heterocycles. The van der Waals surface area contributed by atoms with Crippen molar-refractivity contribution in [1.29, 1.82) is 0 Å². The Morgan fingerprint density at radius 1 is 0.871 bits per heavy atom. The second-order valence-corrected chi connectivity index (χ2v) is 8.06. The first kappa shape index (κ1) is 26.3. The van der Waals surface area contributed by atoms with Crippen molar-refractivity contribution in [3.8, 4) is 5.75 Å². The Kier molecular flexibility index (Phi) is 11.5. The molecule has 31 heavy (non-hydrogen) atoms. The second kappa shape index (κ2) is 13.5. The Bertz CT molecular complexity index is 725. The Balaban J connectivity index is 2.28. The third kappa shape index (κ3) is 10.2. The summed E-state index contributed by atoms with van der Waals surface area (Å²) in [7, 11) is 2.51. The van der Waals surface area contributed by atoms with Crippen LogP contribution in [-0.4, -0.2) is 51.0 Å². The number of alkyl carbamates (subject to hydrolysis) is 1. The van der Waals surface area contributed by atoms with Gasteiger partial charge in [-0.15, -0.1) is 0 Å². The van der Waals surface area contributed by atoms with E-state index in [1.54, 1.807) is 12.1 Å². The first-order valence-electron chi connectivity index (χ1n) is 10.6. The molecule has 0 fully saturated rings. The topological polar surface area (TPSA) is 100 Å². The lowest BCUT2D eigenvalue weighted by Crippen LogP contribution is -2.32. The van der Waals surface area contributed by atoms with Gasteiger partial charge in [-0.1, -0.05) is 31.7 Å². The molecule has 0 aliphatic heterocycles. The molecule has 0 spiro atoms. The van der Waals surface area contributed by atoms with E-state index in [9.17, 15) is 14.4 Å². The molecule has 8 heteroatoms. The predicted octanol–water partition coefficient (Wildman–Crippen LogP) is 4.50. The molecular formula is C23H35NO7. The predicted molar refractivity (Wildman–Crippen MR) is 117 cm³/mol. The quantitative estimate of drug-likeness (QED) is 0.292. The van der Waals surface area contributed by atoms with Crippen molar-refractivity contribution in [2.45, 2.75) is 64.9 Å². The Morgan fingerprint density at radius 2 is 1.48 bits per heavy atom. The summed E-state index contributed by atoms with van der Waals surface area (Å²) in [5.74, 6) is -0.953. The van der Waals surface area contributed by atoms with Crippen molar-refractivity contribution in [2.24, 2.45) is 0 Å². The van der Waals surface area contributed by atoms with Crippen molar-refractivity contribution >= 4 is 18.0 Å². The van der Waals surface area contributed by atoms with Gasteiger partial charge < -0.3 is 24.3 Å². The fourth-order valence-corrected chi connectivity index (χ4v) is 2.87. The first-order valence-corrected chi connectivity index (χ1v) is 10.6. The summed E-state index contributed by atoms with van der Waals surface area (Å²) in [4.78, 5) is 35.6. The van der Waals surface area contributed by atoms with E-state index in [0.717, 1.165) is 38.5 Å². The SMILES string of the molecule is COC(=O)c1cccc(OCCCCCCCCNC(=O)OC(C)(C)C)c1C(=O)OC. The van der Waals surface area contributed by atoms with E-state index in [1.807, 2.05) is 20.8 Å². The maximum atomic E-state index is 12.1. The van der Waals surface area contributed by atoms with E-state index in [1.165, 1.54) is 20.3 Å². The molecule has 0 radical (unpaired) electrons. The van der Waals surface area contributed by atoms with Crippen LogP contribution in [0.25, 0.3) is 0 Å². The van der Waals surface area contributed by atoms with Gasteiger partial charge in [0.2, 0.25) is 0 Å². The van der Waals surface area contributed by atoms with E-state index in [-0.39, 0.29) is 17.2 Å². The van der Waals surface area contributed by atoms with E-state index in [0.29, 0.717) is 18.9 Å². The van der Waals surface area contributed by atoms with Crippen LogP contribution in [0.15, 0.2) is 18.2 Å². The van der Waals surface area contributed by atoms with Gasteiger partial charge in [-0.3, -0.25) is 0 Å². The number of carbonyl (C=O) groups excluding carboxylic acids is 3. The number of nitrogens with one attached hydrogen (secondary N) is 1. The van der Waals surface area contributed by atoms with Gasteiger partial charge in [0.25, 0.3) is 0 Å². The number of esters is 2. The smallest absolute Gasteiger partial charge is 0.407 e. The highest BCUT2D eigenvalue weighted by molar-refractivity contribution is 6.05. The largest absolute Gasteiger partial charge is 0.493 e. The molecule has 0 saturated carbocycles. The number of rotatable bonds is 12. The first-order chi connectivity index (χ1) is 14.7. The van der Waals surface area contributed by atoms with Crippen LogP contribution in [-0.2, 0) is 14.2 Å². The van der Waals surface area contributed by atoms with Crippen molar-refractivity contribution in [3.63, 3.8) is 0 Å². The third-order valence-electron chi connectivity index (χ3n) is 4.32. The Labute approximate surface area is 184 Å². The van der Waals surface area contributed by atoms with Gasteiger partial charge in [0.15, 0.2) is 0 Å². The monoisotopic (exact) mass is 437 g/mol. The zero-order valence-electron chi connectivity index (χ0n) is 19.2. The summed E-state index contributed by atoms with van der Waals surface area (Å²) in [6, 6.07) is 4.78. The molecule has 1 amide bonds. The van der Waals surface area contributed by atoms with Gasteiger partial charge in [0.05, 0.1) is 26.4 Å². The summed E-state index contributed by atoms with van der Waals surface area (Å²) in [5.41, 5.74) is -0.286. The lowest BCUT2D eigenvalue weighted by molar-refractivity contribution is 0.0525. The van der Waals surface area contributed by atoms with Crippen molar-refractivity contribution in [3.05, 3.63) is 29.3 Å². The summed E-state index contributed by atoms with van der Waals surface area (Å²) >= 11 is 0. The molecule has 0 unspecified atom stereocenters. The summed E-state index contributed by atoms with van der Waals surface area (Å²) in [6.07, 6.45) is 5.43. The lowest BCUT2D eigenvalue weighted by atomic mass is 10.1. The average molecular weight is 438 g/mol. The molecule has 1 aromatic rings. The van der Waals surface area contributed by atoms with E-state index < -0.39 is 17.5 Å². The van der Waals surface area contributed by atoms with Gasteiger partial charge in [-0.05, 0) is 45.7 Å². The summed E-state index contributed by atoms with van der Waals surface area (Å²) in [5, 5.41) is 2.75. The number of methoxy groups -OCH3 is 2. The van der Waals surface area contributed by atoms with Crippen molar-refractivity contribution in [2.75, 3.05) is 27.4 Å². The number of hydrogen-bond acceptors (Lipinski definition) is 7. The standard InChI is InChI=1S/C23H35NO7/c1-23(2,3)31-22(27)24-15-10-8-6-7-9-11-16-30-18-14-12-13-17(20(25)28-4)19(18)21(26)29-5/h12-14H,6-11,15-16H2,1-5H3,(H,24,27). The Morgan fingerprint density at radius 3 is 2.10 bits per heavy atom. The van der Waals surface area contributed by atoms with Crippen LogP contribution >= 0.6 is 0 Å². The van der Waals surface area contributed by atoms with Gasteiger partial charge in [-0.2, -0.15) is 0 Å². The Hall–Kier alpha value is -2.77. The molecule has 0 saturated heterocycles. The fourth-order valence-electron chi connectivity index (χ4n) is 2.87. The normalized spacial score (nSPS) is 10.9. The van der Waals surface area contributed by atoms with Crippen LogP contribution < -0.4 is 10.1 Å². The van der Waals surface area contributed by atoms with Crippen LogP contribution in [0, 0.1) is 0 Å². The third-order valence-corrected chi connectivity index (χ3v) is 4.32. The zero-order chi connectivity index (χ0) is 23.3. The molecule has 1 N–H and O–H groups in total. The van der Waals surface area contributed by atoms with Crippen molar-refractivity contribution < 1.29 is 33.3 Å². The molecule has 0 aromatic heterocycles. The second-order valence-electron chi connectivity index (χ2n) is 8.06. The minimum atomic E-state index is -0.643. The molecular weight excluding hydrogens is 402 g/mol. The van der Waals surface area contributed by atoms with Gasteiger partial charge in [0.1, 0.15) is 16.9 Å². The van der Waals surface area contributed by atoms with Crippen molar-refractivity contribution in [1.82, 2.24) is 5.32 Å². The zero-order valence-corrected chi connectivity index (χ0v) is 19.2. The van der Waals surface area contributed by atoms with E-state index in [4.69, 9.17) is 18.9 Å². The number of hydrogen-bond donors (Lipinski definition) is 1. The van der Waals surface area contributed by atoms with Crippen LogP contribution in [0.2, 0.25) is 0 Å². The molecule has 0 atom stereocenters. The molecule has 1 rings (SSSR count). The maximum absolute atomic E-state index is 12.1. The van der Waals surface area contributed by atoms with Gasteiger partial charge in [-0.25, -0.2) is 14.4 Å². The highest BCUT2D eigenvalue weighted by atomic mass is 16.6. The highest BCUT2D eigenvalue weighted by Gasteiger charge is 2.23. The van der Waals surface area contributed by atoms with E-state index >= 15 is 0 Å². The number of amides is 1. The number of ether oxygens (including phenoxy) is 4. The summed E-state index contributed by atoms with van der Waals surface area (Å²) in [6.45, 7) is 6.53. The average Bonchev–Trinajstić information content (AvgIpc) is 2.72. The molecule has 0 aliphatic carbocycles. The van der Waals surface area contributed by atoms with E-state index in [2.05, 4.69) is 5.32 Å². The minimum Gasteiger partial charge on any atom is -0.493 e. The molecule has 174 valence electrons. The van der Waals surface area contributed by atoms with Crippen LogP contribution in [0.4, 0.5) is 4.79 Å². The number of benzene rings is 1. The lowest BCUT2D eigenvalue weighted by Gasteiger charge is -2.19. The maximum Gasteiger partial charge on any atom is 0.407 e. The molecule has 1 aromatic carbocycles. The van der Waals surface area contributed by atoms with Crippen LogP contribution in [0.3, 0.4) is 0 Å². The fraction of sp³-hybridized carbons (Fsp3) is 0.609. The highest BCUT2D eigenvalue weighted by Crippen LogP contribution is 2.24. The molecule has 0 bridgehead atoms. The molecule has 0 aliphatic rings. The number of unbranched alkanes of at least 4 members (excludes halogenated alkanes) is 5. The summed E-state index contributed by atoms with van der Waals surface area (Å²) < 4.78 is 20.4.